The van der Waals surface area contributed by atoms with Gasteiger partial charge in [-0.2, -0.15) is 0 Å². The maximum absolute atomic E-state index is 13.1. The molecule has 0 saturated heterocycles. The molecule has 6 nitrogen and oxygen atoms in total. The summed E-state index contributed by atoms with van der Waals surface area (Å²) in [5.74, 6) is 0. The van der Waals surface area contributed by atoms with Gasteiger partial charge >= 0.3 is 6.09 Å². The smallest absolute Gasteiger partial charge is 0.419 e. The number of carbonyl (C=O) groups is 1. The lowest BCUT2D eigenvalue weighted by Gasteiger charge is -2.21. The number of aliphatic hydroxyl groups is 1. The van der Waals surface area contributed by atoms with Crippen molar-refractivity contribution in [2.75, 3.05) is 0 Å². The molecule has 0 aliphatic heterocycles. The number of nitrogens with zero attached hydrogens (tertiary/aromatic N) is 1. The molecule has 3 aromatic rings. The number of aryl methyl sites for hydroxylation is 1. The fraction of sp³-hybridized carbons (Fsp3) is 0.304. The molecule has 0 spiro atoms. The van der Waals surface area contributed by atoms with E-state index in [0.717, 1.165) is 35.0 Å². The number of allylic oxidation sites excluding steroid dienone is 1. The molecule has 6 heteroatoms. The van der Waals surface area contributed by atoms with Crippen LogP contribution in [0.5, 0.6) is 0 Å². The molecule has 1 aliphatic rings. The van der Waals surface area contributed by atoms with Crippen molar-refractivity contribution in [1.82, 2.24) is 9.55 Å². The van der Waals surface area contributed by atoms with Gasteiger partial charge in [-0.15, -0.1) is 0 Å². The van der Waals surface area contributed by atoms with E-state index in [1.165, 1.54) is 4.57 Å². The Morgan fingerprint density at radius 3 is 2.76 bits per heavy atom. The van der Waals surface area contributed by atoms with Gasteiger partial charge in [0.1, 0.15) is 5.60 Å². The summed E-state index contributed by atoms with van der Waals surface area (Å²) in [7, 11) is 0. The molecule has 0 amide bonds. The number of aromatic nitrogens is 2. The molecule has 150 valence electrons. The Morgan fingerprint density at radius 2 is 2.03 bits per heavy atom. The van der Waals surface area contributed by atoms with Crippen LogP contribution < -0.4 is 5.56 Å². The van der Waals surface area contributed by atoms with E-state index in [0.29, 0.717) is 16.8 Å². The Bertz CT molecular complexity index is 1190. The number of benzene rings is 1. The standard InChI is InChI=1S/C23H24N2O4/c1-23(2,3)29-22(28)25-19-9-8-14(13-26)10-16(19)12-20(25)17-11-15-6-4-5-7-18(15)24-21(17)27/h5,7-12,26H,4,6,13H2,1-3H3,(H,24,27). The van der Waals surface area contributed by atoms with Crippen molar-refractivity contribution < 1.29 is 14.6 Å². The highest BCUT2D eigenvalue weighted by molar-refractivity contribution is 5.96. The first-order valence-electron chi connectivity index (χ1n) is 9.68. The van der Waals surface area contributed by atoms with Crippen molar-refractivity contribution >= 4 is 23.1 Å². The van der Waals surface area contributed by atoms with E-state index in [1.54, 1.807) is 39.0 Å². The van der Waals surface area contributed by atoms with E-state index in [1.807, 2.05) is 24.3 Å². The molecule has 1 aliphatic carbocycles. The normalized spacial score (nSPS) is 13.5. The maximum atomic E-state index is 13.1. The number of hydrogen-bond donors (Lipinski definition) is 2. The molecular formula is C23H24N2O4. The second-order valence-corrected chi connectivity index (χ2v) is 8.29. The van der Waals surface area contributed by atoms with Gasteiger partial charge in [0.05, 0.1) is 23.4 Å². The predicted octanol–water partition coefficient (Wildman–Crippen LogP) is 4.23. The molecule has 0 unspecified atom stereocenters. The summed E-state index contributed by atoms with van der Waals surface area (Å²) >= 11 is 0. The van der Waals surface area contributed by atoms with Crippen LogP contribution in [0.3, 0.4) is 0 Å². The fourth-order valence-corrected chi connectivity index (χ4v) is 3.64. The van der Waals surface area contributed by atoms with Crippen LogP contribution in [0, 0.1) is 0 Å². The lowest BCUT2D eigenvalue weighted by molar-refractivity contribution is 0.0547. The van der Waals surface area contributed by atoms with Crippen LogP contribution in [0.25, 0.3) is 28.2 Å². The van der Waals surface area contributed by atoms with Gasteiger partial charge in [-0.25, -0.2) is 9.36 Å². The number of aliphatic hydroxyl groups excluding tert-OH is 1. The third-order valence-corrected chi connectivity index (χ3v) is 4.92. The van der Waals surface area contributed by atoms with Gasteiger partial charge in [0, 0.05) is 11.1 Å². The molecule has 2 aromatic heterocycles. The zero-order valence-corrected chi connectivity index (χ0v) is 16.8. The molecule has 1 aromatic carbocycles. The quantitative estimate of drug-likeness (QED) is 0.683. The molecule has 0 atom stereocenters. The first-order valence-corrected chi connectivity index (χ1v) is 9.68. The van der Waals surface area contributed by atoms with Gasteiger partial charge in [0.2, 0.25) is 0 Å². The first kappa shape index (κ1) is 19.2. The van der Waals surface area contributed by atoms with Crippen molar-refractivity contribution in [3.63, 3.8) is 0 Å². The molecule has 29 heavy (non-hydrogen) atoms. The third kappa shape index (κ3) is 3.63. The third-order valence-electron chi connectivity index (χ3n) is 4.92. The lowest BCUT2D eigenvalue weighted by Crippen LogP contribution is -2.28. The van der Waals surface area contributed by atoms with E-state index in [-0.39, 0.29) is 12.2 Å². The van der Waals surface area contributed by atoms with E-state index >= 15 is 0 Å². The zero-order chi connectivity index (χ0) is 20.8. The van der Waals surface area contributed by atoms with Crippen molar-refractivity contribution in [2.45, 2.75) is 45.8 Å². The fourth-order valence-electron chi connectivity index (χ4n) is 3.64. The Hall–Kier alpha value is -3.12. The van der Waals surface area contributed by atoms with Crippen LogP contribution in [-0.2, 0) is 17.8 Å². The van der Waals surface area contributed by atoms with Gasteiger partial charge in [0.25, 0.3) is 5.56 Å². The maximum Gasteiger partial charge on any atom is 0.419 e. The lowest BCUT2D eigenvalue weighted by atomic mass is 9.99. The highest BCUT2D eigenvalue weighted by atomic mass is 16.6. The summed E-state index contributed by atoms with van der Waals surface area (Å²) in [5.41, 5.74) is 3.17. The summed E-state index contributed by atoms with van der Waals surface area (Å²) < 4.78 is 7.05. The van der Waals surface area contributed by atoms with Gasteiger partial charge in [0.15, 0.2) is 0 Å². The minimum absolute atomic E-state index is 0.103. The molecular weight excluding hydrogens is 368 g/mol. The number of H-pyrrole nitrogens is 1. The number of carbonyl (C=O) groups excluding carboxylic acids is 1. The largest absolute Gasteiger partial charge is 0.443 e. The van der Waals surface area contributed by atoms with Crippen LogP contribution >= 0.6 is 0 Å². The number of nitrogens with one attached hydrogen (secondary N) is 1. The second kappa shape index (κ2) is 7.04. The van der Waals surface area contributed by atoms with E-state index in [9.17, 15) is 14.7 Å². The van der Waals surface area contributed by atoms with Crippen LogP contribution in [0.1, 0.15) is 44.0 Å². The van der Waals surface area contributed by atoms with Crippen LogP contribution in [0.15, 0.2) is 41.2 Å². The number of ether oxygens (including phenoxy) is 1. The average molecular weight is 392 g/mol. The van der Waals surface area contributed by atoms with E-state index < -0.39 is 11.7 Å². The average Bonchev–Trinajstić information content (AvgIpc) is 3.04. The Morgan fingerprint density at radius 1 is 1.24 bits per heavy atom. The van der Waals surface area contributed by atoms with Crippen molar-refractivity contribution in [3.8, 4) is 11.3 Å². The highest BCUT2D eigenvalue weighted by Crippen LogP contribution is 2.30. The Kier molecular flexibility index (Phi) is 4.67. The van der Waals surface area contributed by atoms with Crippen LogP contribution in [0.4, 0.5) is 4.79 Å². The minimum atomic E-state index is -0.678. The molecule has 2 heterocycles. The molecule has 2 N–H and O–H groups in total. The summed E-state index contributed by atoms with van der Waals surface area (Å²) in [5, 5.41) is 10.2. The highest BCUT2D eigenvalue weighted by Gasteiger charge is 2.24. The van der Waals surface area contributed by atoms with Gasteiger partial charge in [-0.3, -0.25) is 4.79 Å². The molecule has 0 saturated carbocycles. The SMILES string of the molecule is CC(C)(C)OC(=O)n1c(-c2cc3c([nH]c2=O)C=CCC3)cc2cc(CO)ccc21. The number of pyridine rings is 1. The number of fused-ring (bicyclic) bond motifs is 2. The Labute approximate surface area is 168 Å². The molecule has 4 rings (SSSR count). The summed E-state index contributed by atoms with van der Waals surface area (Å²) in [6, 6.07) is 9.00. The van der Waals surface area contributed by atoms with Gasteiger partial charge < -0.3 is 14.8 Å². The summed E-state index contributed by atoms with van der Waals surface area (Å²) in [4.78, 5) is 28.8. The number of hydrogen-bond acceptors (Lipinski definition) is 4. The van der Waals surface area contributed by atoms with Crippen molar-refractivity contribution in [2.24, 2.45) is 0 Å². The van der Waals surface area contributed by atoms with Crippen molar-refractivity contribution in [3.05, 3.63) is 63.6 Å². The topological polar surface area (TPSA) is 84.3 Å². The number of rotatable bonds is 2. The van der Waals surface area contributed by atoms with Crippen LogP contribution in [0.2, 0.25) is 0 Å². The predicted molar refractivity (Wildman–Crippen MR) is 113 cm³/mol. The van der Waals surface area contributed by atoms with E-state index in [2.05, 4.69) is 4.98 Å². The summed E-state index contributed by atoms with van der Waals surface area (Å²) in [6.07, 6.45) is 5.15. The molecule has 0 bridgehead atoms. The van der Waals surface area contributed by atoms with Crippen molar-refractivity contribution in [1.29, 1.82) is 0 Å². The van der Waals surface area contributed by atoms with Gasteiger partial charge in [-0.05, 0) is 75.1 Å². The monoisotopic (exact) mass is 392 g/mol. The zero-order valence-electron chi connectivity index (χ0n) is 16.8. The second-order valence-electron chi connectivity index (χ2n) is 8.29. The van der Waals surface area contributed by atoms with Crippen LogP contribution in [-0.4, -0.2) is 26.4 Å². The molecule has 0 radical (unpaired) electrons. The minimum Gasteiger partial charge on any atom is -0.443 e. The molecule has 0 fully saturated rings. The Balaban J connectivity index is 1.96. The first-order chi connectivity index (χ1) is 13.8. The van der Waals surface area contributed by atoms with Gasteiger partial charge in [-0.1, -0.05) is 12.1 Å². The van der Waals surface area contributed by atoms with E-state index in [4.69, 9.17) is 4.74 Å². The number of aromatic amines is 1. The summed E-state index contributed by atoms with van der Waals surface area (Å²) in [6.45, 7) is 5.31.